The monoisotopic (exact) mass is 439 g/mol. The fraction of sp³-hybridized carbons (Fsp3) is 0.261. The predicted molar refractivity (Wildman–Crippen MR) is 119 cm³/mol. The summed E-state index contributed by atoms with van der Waals surface area (Å²) in [4.78, 5) is 41.3. The molecule has 0 radical (unpaired) electrons. The summed E-state index contributed by atoms with van der Waals surface area (Å²) in [6.07, 6.45) is 1.29. The molecule has 0 bridgehead atoms. The van der Waals surface area contributed by atoms with Gasteiger partial charge in [0.05, 0.1) is 33.4 Å². The lowest BCUT2D eigenvalue weighted by Gasteiger charge is -2.19. The van der Waals surface area contributed by atoms with Crippen LogP contribution in [0.4, 0.5) is 16.2 Å². The minimum atomic E-state index is -0.973. The maximum absolute atomic E-state index is 13.2. The number of carbonyl (C=O) groups is 3. The number of benzene rings is 2. The fourth-order valence-corrected chi connectivity index (χ4v) is 3.43. The van der Waals surface area contributed by atoms with E-state index in [1.807, 2.05) is 0 Å². The molecule has 9 heteroatoms. The minimum absolute atomic E-state index is 0.121. The number of urea groups is 1. The Morgan fingerprint density at radius 2 is 1.69 bits per heavy atom. The Labute approximate surface area is 186 Å². The second-order valence-electron chi connectivity index (χ2n) is 6.97. The molecule has 1 fully saturated rings. The van der Waals surface area contributed by atoms with Crippen LogP contribution in [0.3, 0.4) is 0 Å². The number of ether oxygens (including phenoxy) is 3. The molecule has 2 aromatic rings. The third kappa shape index (κ3) is 4.66. The van der Waals surface area contributed by atoms with Gasteiger partial charge in [0.2, 0.25) is 5.91 Å². The van der Waals surface area contributed by atoms with E-state index in [9.17, 15) is 14.4 Å². The zero-order chi connectivity index (χ0) is 23.3. The van der Waals surface area contributed by atoms with Crippen molar-refractivity contribution in [1.29, 1.82) is 0 Å². The van der Waals surface area contributed by atoms with Crippen LogP contribution in [0.1, 0.15) is 6.42 Å². The van der Waals surface area contributed by atoms with Gasteiger partial charge in [-0.3, -0.25) is 9.59 Å². The number of nitrogens with zero attached hydrogens (tertiary/aromatic N) is 2. The van der Waals surface area contributed by atoms with Crippen LogP contribution in [0.25, 0.3) is 0 Å². The average Bonchev–Trinajstić information content (AvgIpc) is 3.02. The lowest BCUT2D eigenvalue weighted by molar-refractivity contribution is -0.124. The standard InChI is InChI=1S/C23H25N3O6/c1-5-9-25-20(14-21(27)24-15-10-18(31-3)13-19(11-15)32-4)22(28)26(23(25)29)16-7-6-8-17(12-16)30-2/h5-8,10-13,20H,1,9,14H2,2-4H3,(H,24,27). The molecule has 3 rings (SSSR count). The Morgan fingerprint density at radius 1 is 1.03 bits per heavy atom. The molecule has 4 amide bonds. The summed E-state index contributed by atoms with van der Waals surface area (Å²) in [7, 11) is 4.50. The first-order valence-electron chi connectivity index (χ1n) is 9.84. The summed E-state index contributed by atoms with van der Waals surface area (Å²) in [6, 6.07) is 10.1. The number of rotatable bonds is 9. The number of imide groups is 1. The van der Waals surface area contributed by atoms with E-state index >= 15 is 0 Å². The first-order chi connectivity index (χ1) is 15.4. The molecule has 1 heterocycles. The smallest absolute Gasteiger partial charge is 0.332 e. The third-order valence-electron chi connectivity index (χ3n) is 4.97. The molecule has 1 aliphatic rings. The van der Waals surface area contributed by atoms with Crippen LogP contribution in [0.2, 0.25) is 0 Å². The van der Waals surface area contributed by atoms with Gasteiger partial charge in [0.1, 0.15) is 23.3 Å². The van der Waals surface area contributed by atoms with Crippen LogP contribution in [-0.2, 0) is 9.59 Å². The van der Waals surface area contributed by atoms with E-state index < -0.39 is 23.9 Å². The van der Waals surface area contributed by atoms with Crippen molar-refractivity contribution in [2.75, 3.05) is 38.1 Å². The van der Waals surface area contributed by atoms with Crippen molar-refractivity contribution < 1.29 is 28.6 Å². The first-order valence-corrected chi connectivity index (χ1v) is 9.84. The van der Waals surface area contributed by atoms with E-state index in [1.165, 1.54) is 32.3 Å². The van der Waals surface area contributed by atoms with Crippen molar-refractivity contribution in [2.24, 2.45) is 0 Å². The van der Waals surface area contributed by atoms with E-state index in [2.05, 4.69) is 11.9 Å². The molecule has 0 aromatic heterocycles. The summed E-state index contributed by atoms with van der Waals surface area (Å²) in [5, 5.41) is 2.74. The molecule has 32 heavy (non-hydrogen) atoms. The lowest BCUT2D eigenvalue weighted by atomic mass is 10.1. The third-order valence-corrected chi connectivity index (χ3v) is 4.97. The van der Waals surface area contributed by atoms with Gasteiger partial charge in [0.25, 0.3) is 5.91 Å². The molecule has 1 unspecified atom stereocenters. The molecule has 0 aliphatic carbocycles. The number of nitrogens with one attached hydrogen (secondary N) is 1. The normalized spacial score (nSPS) is 15.5. The van der Waals surface area contributed by atoms with Gasteiger partial charge >= 0.3 is 6.03 Å². The highest BCUT2D eigenvalue weighted by atomic mass is 16.5. The molecule has 168 valence electrons. The SMILES string of the molecule is C=CCN1C(=O)N(c2cccc(OC)c2)C(=O)C1CC(=O)Nc1cc(OC)cc(OC)c1. The van der Waals surface area contributed by atoms with Crippen molar-refractivity contribution in [3.8, 4) is 17.2 Å². The number of hydrogen-bond acceptors (Lipinski definition) is 6. The van der Waals surface area contributed by atoms with Crippen LogP contribution in [0.15, 0.2) is 55.1 Å². The van der Waals surface area contributed by atoms with Crippen LogP contribution < -0.4 is 24.4 Å². The average molecular weight is 439 g/mol. The van der Waals surface area contributed by atoms with Crippen LogP contribution in [-0.4, -0.2) is 56.7 Å². The second-order valence-corrected chi connectivity index (χ2v) is 6.97. The van der Waals surface area contributed by atoms with E-state index in [4.69, 9.17) is 14.2 Å². The zero-order valence-electron chi connectivity index (χ0n) is 18.2. The molecule has 0 saturated carbocycles. The van der Waals surface area contributed by atoms with Crippen LogP contribution >= 0.6 is 0 Å². The highest BCUT2D eigenvalue weighted by Crippen LogP contribution is 2.30. The van der Waals surface area contributed by atoms with Crippen molar-refractivity contribution >= 4 is 29.2 Å². The first kappa shape index (κ1) is 22.7. The maximum Gasteiger partial charge on any atom is 0.332 e. The van der Waals surface area contributed by atoms with Gasteiger partial charge in [0, 0.05) is 36.5 Å². The van der Waals surface area contributed by atoms with Gasteiger partial charge in [0.15, 0.2) is 0 Å². The molecule has 0 spiro atoms. The number of hydrogen-bond donors (Lipinski definition) is 1. The quantitative estimate of drug-likeness (QED) is 0.476. The molecule has 1 aliphatic heterocycles. The Bertz CT molecular complexity index is 1020. The van der Waals surface area contributed by atoms with Crippen LogP contribution in [0.5, 0.6) is 17.2 Å². The molecular weight excluding hydrogens is 414 g/mol. The fourth-order valence-electron chi connectivity index (χ4n) is 3.43. The molecule has 9 nitrogen and oxygen atoms in total. The highest BCUT2D eigenvalue weighted by molar-refractivity contribution is 6.22. The van der Waals surface area contributed by atoms with Crippen molar-refractivity contribution in [3.63, 3.8) is 0 Å². The number of anilines is 2. The summed E-state index contributed by atoms with van der Waals surface area (Å²) >= 11 is 0. The Kier molecular flexibility index (Phi) is 6.99. The van der Waals surface area contributed by atoms with E-state index in [0.717, 1.165) is 4.90 Å². The van der Waals surface area contributed by atoms with Crippen LogP contribution in [0, 0.1) is 0 Å². The number of methoxy groups -OCH3 is 3. The van der Waals surface area contributed by atoms with Gasteiger partial charge in [-0.2, -0.15) is 0 Å². The molecule has 2 aromatic carbocycles. The minimum Gasteiger partial charge on any atom is -0.497 e. The largest absolute Gasteiger partial charge is 0.497 e. The summed E-state index contributed by atoms with van der Waals surface area (Å²) < 4.78 is 15.6. The Hall–Kier alpha value is -4.01. The Balaban J connectivity index is 1.82. The van der Waals surface area contributed by atoms with Gasteiger partial charge < -0.3 is 24.4 Å². The lowest BCUT2D eigenvalue weighted by Crippen LogP contribution is -2.38. The van der Waals surface area contributed by atoms with E-state index in [0.29, 0.717) is 28.6 Å². The molecular formula is C23H25N3O6. The van der Waals surface area contributed by atoms with Crippen molar-refractivity contribution in [2.45, 2.75) is 12.5 Å². The number of amides is 4. The van der Waals surface area contributed by atoms with Gasteiger partial charge in [-0.05, 0) is 12.1 Å². The summed E-state index contributed by atoms with van der Waals surface area (Å²) in [5.41, 5.74) is 0.816. The van der Waals surface area contributed by atoms with Crippen molar-refractivity contribution in [1.82, 2.24) is 4.90 Å². The summed E-state index contributed by atoms with van der Waals surface area (Å²) in [5.74, 6) is 0.580. The topological polar surface area (TPSA) is 97.4 Å². The van der Waals surface area contributed by atoms with E-state index in [1.54, 1.807) is 42.5 Å². The highest BCUT2D eigenvalue weighted by Gasteiger charge is 2.46. The zero-order valence-corrected chi connectivity index (χ0v) is 18.2. The number of carbonyl (C=O) groups excluding carboxylic acids is 3. The van der Waals surface area contributed by atoms with Gasteiger partial charge in [-0.15, -0.1) is 6.58 Å². The maximum atomic E-state index is 13.2. The summed E-state index contributed by atoms with van der Waals surface area (Å²) in [6.45, 7) is 3.78. The molecule has 1 N–H and O–H groups in total. The van der Waals surface area contributed by atoms with Crippen molar-refractivity contribution in [3.05, 3.63) is 55.1 Å². The van der Waals surface area contributed by atoms with E-state index in [-0.39, 0.29) is 13.0 Å². The Morgan fingerprint density at radius 3 is 2.28 bits per heavy atom. The second kappa shape index (κ2) is 9.86. The predicted octanol–water partition coefficient (Wildman–Crippen LogP) is 3.06. The molecule has 1 atom stereocenters. The van der Waals surface area contributed by atoms with Gasteiger partial charge in [-0.1, -0.05) is 12.1 Å². The molecule has 1 saturated heterocycles. The van der Waals surface area contributed by atoms with Gasteiger partial charge in [-0.25, -0.2) is 9.69 Å².